The molecule has 0 radical (unpaired) electrons. The van der Waals surface area contributed by atoms with Crippen LogP contribution in [0.2, 0.25) is 0 Å². The zero-order chi connectivity index (χ0) is 25.9. The number of aromatic nitrogens is 5. The molecule has 37 heavy (non-hydrogen) atoms. The van der Waals surface area contributed by atoms with Crippen molar-refractivity contribution < 1.29 is 13.9 Å². The van der Waals surface area contributed by atoms with Crippen molar-refractivity contribution in [2.24, 2.45) is 7.05 Å². The summed E-state index contributed by atoms with van der Waals surface area (Å²) in [5.41, 5.74) is 4.73. The Morgan fingerprint density at radius 1 is 1.03 bits per heavy atom. The van der Waals surface area contributed by atoms with Crippen molar-refractivity contribution in [3.05, 3.63) is 96.6 Å². The maximum Gasteiger partial charge on any atom is 0.323 e. The highest BCUT2D eigenvalue weighted by atomic mass is 19.1. The number of ether oxygens (including phenoxy) is 1. The predicted molar refractivity (Wildman–Crippen MR) is 139 cm³/mol. The lowest BCUT2D eigenvalue weighted by Gasteiger charge is -2.12. The standard InChI is InChI=1S/C27H24FN7O2/c1-17-9-20(11-21(10-17)35-14-18(2)29-16-35)31-27(36)33-25-12-22(7-8-23(25)28)37-26-6-4-5-24(32-26)19-13-30-34(3)15-19/h4-16H,1-3H3,(H2,31,33,36). The Morgan fingerprint density at radius 3 is 2.65 bits per heavy atom. The second kappa shape index (κ2) is 9.94. The van der Waals surface area contributed by atoms with E-state index in [9.17, 15) is 9.18 Å². The smallest absolute Gasteiger partial charge is 0.323 e. The molecule has 5 rings (SSSR count). The molecule has 0 saturated carbocycles. The number of hydrogen-bond acceptors (Lipinski definition) is 5. The summed E-state index contributed by atoms with van der Waals surface area (Å²) in [6.45, 7) is 3.83. The number of nitrogens with zero attached hydrogens (tertiary/aromatic N) is 5. The predicted octanol–water partition coefficient (Wildman–Crippen LogP) is 5.86. The van der Waals surface area contributed by atoms with Crippen LogP contribution in [0, 0.1) is 19.7 Å². The van der Waals surface area contributed by atoms with Crippen LogP contribution in [0.1, 0.15) is 11.3 Å². The fourth-order valence-corrected chi connectivity index (χ4v) is 3.80. The van der Waals surface area contributed by atoms with Gasteiger partial charge in [-0.05, 0) is 55.8 Å². The summed E-state index contributed by atoms with van der Waals surface area (Å²) in [6.07, 6.45) is 7.15. The molecule has 10 heteroatoms. The Bertz CT molecular complexity index is 1590. The van der Waals surface area contributed by atoms with E-state index >= 15 is 0 Å². The van der Waals surface area contributed by atoms with Gasteiger partial charge in [0, 0.05) is 48.5 Å². The zero-order valence-electron chi connectivity index (χ0n) is 20.4. The molecule has 0 saturated heterocycles. The van der Waals surface area contributed by atoms with Crippen LogP contribution in [0.3, 0.4) is 0 Å². The summed E-state index contributed by atoms with van der Waals surface area (Å²) in [4.78, 5) is 21.4. The van der Waals surface area contributed by atoms with Gasteiger partial charge < -0.3 is 19.9 Å². The molecule has 0 fully saturated rings. The van der Waals surface area contributed by atoms with Crippen molar-refractivity contribution in [2.45, 2.75) is 13.8 Å². The van der Waals surface area contributed by atoms with Gasteiger partial charge in [-0.3, -0.25) is 4.68 Å². The molecule has 5 aromatic rings. The molecule has 0 bridgehead atoms. The average molecular weight is 498 g/mol. The number of rotatable bonds is 6. The minimum atomic E-state index is -0.599. The summed E-state index contributed by atoms with van der Waals surface area (Å²) in [6, 6.07) is 14.5. The van der Waals surface area contributed by atoms with Crippen molar-refractivity contribution in [2.75, 3.05) is 10.6 Å². The molecule has 0 aliphatic heterocycles. The van der Waals surface area contributed by atoms with E-state index in [4.69, 9.17) is 4.74 Å². The highest BCUT2D eigenvalue weighted by Crippen LogP contribution is 2.27. The van der Waals surface area contributed by atoms with E-state index in [1.54, 1.807) is 23.3 Å². The Kier molecular flexibility index (Phi) is 6.38. The zero-order valence-corrected chi connectivity index (χ0v) is 20.4. The van der Waals surface area contributed by atoms with E-state index in [1.807, 2.05) is 68.2 Å². The van der Waals surface area contributed by atoms with Crippen molar-refractivity contribution in [1.29, 1.82) is 0 Å². The van der Waals surface area contributed by atoms with Gasteiger partial charge in [-0.1, -0.05) is 6.07 Å². The number of nitrogens with one attached hydrogen (secondary N) is 2. The number of anilines is 2. The van der Waals surface area contributed by atoms with E-state index in [2.05, 4.69) is 25.7 Å². The van der Waals surface area contributed by atoms with Crippen LogP contribution >= 0.6 is 0 Å². The van der Waals surface area contributed by atoms with Gasteiger partial charge in [0.15, 0.2) is 0 Å². The van der Waals surface area contributed by atoms with E-state index in [1.165, 1.54) is 18.2 Å². The van der Waals surface area contributed by atoms with Crippen LogP contribution in [0.4, 0.5) is 20.6 Å². The number of aryl methyl sites for hydroxylation is 3. The molecule has 9 nitrogen and oxygen atoms in total. The molecule has 2 aromatic carbocycles. The minimum absolute atomic E-state index is 0.0310. The molecule has 186 valence electrons. The van der Waals surface area contributed by atoms with Gasteiger partial charge in [-0.25, -0.2) is 19.2 Å². The number of imidazole rings is 1. The molecular formula is C27H24FN7O2. The summed E-state index contributed by atoms with van der Waals surface area (Å²) >= 11 is 0. The van der Waals surface area contributed by atoms with E-state index in [-0.39, 0.29) is 5.69 Å². The monoisotopic (exact) mass is 497 g/mol. The van der Waals surface area contributed by atoms with E-state index < -0.39 is 11.8 Å². The summed E-state index contributed by atoms with van der Waals surface area (Å²) in [5, 5.41) is 9.47. The fourth-order valence-electron chi connectivity index (χ4n) is 3.80. The first-order valence-corrected chi connectivity index (χ1v) is 11.5. The molecule has 2 amide bonds. The number of carbonyl (C=O) groups is 1. The van der Waals surface area contributed by atoms with Gasteiger partial charge in [-0.15, -0.1) is 0 Å². The maximum absolute atomic E-state index is 14.5. The van der Waals surface area contributed by atoms with Crippen LogP contribution in [-0.4, -0.2) is 30.3 Å². The van der Waals surface area contributed by atoms with Crippen molar-refractivity contribution in [1.82, 2.24) is 24.3 Å². The maximum atomic E-state index is 14.5. The number of carbonyl (C=O) groups excluding carboxylic acids is 1. The summed E-state index contributed by atoms with van der Waals surface area (Å²) < 4.78 is 23.9. The van der Waals surface area contributed by atoms with Gasteiger partial charge in [0.05, 0.1) is 29.6 Å². The van der Waals surface area contributed by atoms with Gasteiger partial charge in [0.25, 0.3) is 0 Å². The van der Waals surface area contributed by atoms with Crippen LogP contribution in [0.15, 0.2) is 79.5 Å². The SMILES string of the molecule is Cc1cc(NC(=O)Nc2cc(Oc3cccc(-c4cnn(C)c4)n3)ccc2F)cc(-n2cnc(C)c2)c1. The largest absolute Gasteiger partial charge is 0.439 e. The third-order valence-corrected chi connectivity index (χ3v) is 5.46. The molecular weight excluding hydrogens is 473 g/mol. The number of urea groups is 1. The van der Waals surface area contributed by atoms with E-state index in [0.29, 0.717) is 23.0 Å². The number of pyridine rings is 1. The average Bonchev–Trinajstić information content (AvgIpc) is 3.49. The Hall–Kier alpha value is -4.99. The van der Waals surface area contributed by atoms with Crippen molar-refractivity contribution >= 4 is 17.4 Å². The first-order valence-electron chi connectivity index (χ1n) is 11.5. The number of amides is 2. The number of hydrogen-bond donors (Lipinski definition) is 2. The second-order valence-corrected chi connectivity index (χ2v) is 8.57. The molecule has 0 unspecified atom stereocenters. The first-order chi connectivity index (χ1) is 17.8. The third kappa shape index (κ3) is 5.64. The molecule has 3 aromatic heterocycles. The van der Waals surface area contributed by atoms with Crippen LogP contribution in [-0.2, 0) is 7.05 Å². The highest BCUT2D eigenvalue weighted by Gasteiger charge is 2.12. The normalized spacial score (nSPS) is 10.8. The number of benzene rings is 2. The molecule has 0 aliphatic carbocycles. The van der Waals surface area contributed by atoms with E-state index in [0.717, 1.165) is 22.5 Å². The Labute approximate surface area is 212 Å². The van der Waals surface area contributed by atoms with Crippen molar-refractivity contribution in [3.8, 4) is 28.6 Å². The number of halogens is 1. The molecule has 2 N–H and O–H groups in total. The minimum Gasteiger partial charge on any atom is -0.439 e. The highest BCUT2D eigenvalue weighted by molar-refractivity contribution is 6.00. The second-order valence-electron chi connectivity index (χ2n) is 8.57. The molecule has 0 spiro atoms. The lowest BCUT2D eigenvalue weighted by atomic mass is 10.2. The fraction of sp³-hybridized carbons (Fsp3) is 0.111. The Balaban J connectivity index is 1.30. The van der Waals surface area contributed by atoms with Gasteiger partial charge >= 0.3 is 6.03 Å². The van der Waals surface area contributed by atoms with Gasteiger partial charge in [-0.2, -0.15) is 5.10 Å². The topological polar surface area (TPSA) is 98.9 Å². The van der Waals surface area contributed by atoms with Crippen molar-refractivity contribution in [3.63, 3.8) is 0 Å². The van der Waals surface area contributed by atoms with Crippen LogP contribution < -0.4 is 15.4 Å². The van der Waals surface area contributed by atoms with Crippen LogP contribution in [0.5, 0.6) is 11.6 Å². The lowest BCUT2D eigenvalue weighted by Crippen LogP contribution is -2.20. The van der Waals surface area contributed by atoms with Gasteiger partial charge in [0.2, 0.25) is 5.88 Å². The summed E-state index contributed by atoms with van der Waals surface area (Å²) in [7, 11) is 1.82. The molecule has 0 atom stereocenters. The quantitative estimate of drug-likeness (QED) is 0.306. The molecule has 3 heterocycles. The third-order valence-electron chi connectivity index (χ3n) is 5.46. The molecule has 0 aliphatic rings. The van der Waals surface area contributed by atoms with Gasteiger partial charge in [0.1, 0.15) is 11.6 Å². The lowest BCUT2D eigenvalue weighted by molar-refractivity contribution is 0.262. The first kappa shape index (κ1) is 23.7. The summed E-state index contributed by atoms with van der Waals surface area (Å²) in [5.74, 6) is 0.0460. The van der Waals surface area contributed by atoms with Crippen LogP contribution in [0.25, 0.3) is 16.9 Å². The Morgan fingerprint density at radius 2 is 1.89 bits per heavy atom.